The molecule has 0 atom stereocenters. The molecular formula is C15H13N3S. The standard InChI is InChI=1S/C15H13N3S/c16-8-12(11-4-2-6-18-9-11)15(17)14-7-10-3-1-5-13(10)19-14/h2,4,6-7,9H,1,3,5,17H2/b15-12-. The second-order valence-electron chi connectivity index (χ2n) is 4.55. The zero-order valence-corrected chi connectivity index (χ0v) is 11.2. The van der Waals surface area contributed by atoms with Crippen molar-refractivity contribution in [3.63, 3.8) is 0 Å². The maximum absolute atomic E-state index is 9.35. The topological polar surface area (TPSA) is 62.7 Å². The summed E-state index contributed by atoms with van der Waals surface area (Å²) in [7, 11) is 0. The van der Waals surface area contributed by atoms with Crippen LogP contribution in [-0.4, -0.2) is 4.98 Å². The summed E-state index contributed by atoms with van der Waals surface area (Å²) in [6.45, 7) is 0. The highest BCUT2D eigenvalue weighted by Gasteiger charge is 2.17. The van der Waals surface area contributed by atoms with Crippen LogP contribution in [0.1, 0.15) is 27.3 Å². The van der Waals surface area contributed by atoms with Gasteiger partial charge in [-0.25, -0.2) is 0 Å². The number of nitrogens with two attached hydrogens (primary N) is 1. The van der Waals surface area contributed by atoms with Crippen LogP contribution in [0.3, 0.4) is 0 Å². The molecular weight excluding hydrogens is 254 g/mol. The molecule has 2 aromatic rings. The first-order valence-electron chi connectivity index (χ1n) is 6.22. The second kappa shape index (κ2) is 4.87. The second-order valence-corrected chi connectivity index (χ2v) is 5.69. The molecule has 0 saturated carbocycles. The van der Waals surface area contributed by atoms with E-state index in [1.54, 1.807) is 23.7 Å². The number of hydrogen-bond acceptors (Lipinski definition) is 4. The molecule has 0 aliphatic heterocycles. The number of hydrogen-bond donors (Lipinski definition) is 1. The van der Waals surface area contributed by atoms with Crippen LogP contribution < -0.4 is 5.73 Å². The van der Waals surface area contributed by atoms with E-state index in [1.807, 2.05) is 12.1 Å². The molecule has 3 rings (SSSR count). The monoisotopic (exact) mass is 267 g/mol. The number of fused-ring (bicyclic) bond motifs is 1. The van der Waals surface area contributed by atoms with Crippen LogP contribution in [0.15, 0.2) is 30.6 Å². The van der Waals surface area contributed by atoms with Gasteiger partial charge in [0.1, 0.15) is 6.07 Å². The third-order valence-corrected chi connectivity index (χ3v) is 4.61. The number of allylic oxidation sites excluding steroid dienone is 1. The molecule has 3 nitrogen and oxygen atoms in total. The zero-order chi connectivity index (χ0) is 13.2. The third kappa shape index (κ3) is 2.13. The number of thiophene rings is 1. The first-order chi connectivity index (χ1) is 9.29. The number of aryl methyl sites for hydroxylation is 2. The van der Waals surface area contributed by atoms with E-state index in [2.05, 4.69) is 17.1 Å². The molecule has 0 aromatic carbocycles. The Bertz CT molecular complexity index is 656. The van der Waals surface area contributed by atoms with Crippen molar-refractivity contribution in [3.8, 4) is 6.07 Å². The van der Waals surface area contributed by atoms with Crippen molar-refractivity contribution >= 4 is 22.6 Å². The van der Waals surface area contributed by atoms with E-state index < -0.39 is 0 Å². The largest absolute Gasteiger partial charge is 0.396 e. The lowest BCUT2D eigenvalue weighted by atomic mass is 10.1. The summed E-state index contributed by atoms with van der Waals surface area (Å²) in [5, 5.41) is 9.35. The van der Waals surface area contributed by atoms with Gasteiger partial charge in [-0.1, -0.05) is 6.07 Å². The van der Waals surface area contributed by atoms with Gasteiger partial charge in [0.2, 0.25) is 0 Å². The molecule has 1 aliphatic carbocycles. The van der Waals surface area contributed by atoms with Gasteiger partial charge in [0.05, 0.1) is 16.1 Å². The molecule has 2 heterocycles. The highest BCUT2D eigenvalue weighted by atomic mass is 32.1. The minimum atomic E-state index is 0.507. The molecule has 0 radical (unpaired) electrons. The summed E-state index contributed by atoms with van der Waals surface area (Å²) >= 11 is 1.71. The first kappa shape index (κ1) is 11.9. The third-order valence-electron chi connectivity index (χ3n) is 3.34. The zero-order valence-electron chi connectivity index (χ0n) is 10.4. The van der Waals surface area contributed by atoms with Gasteiger partial charge in [-0.3, -0.25) is 4.98 Å². The summed E-state index contributed by atoms with van der Waals surface area (Å²) in [6.07, 6.45) is 6.87. The van der Waals surface area contributed by atoms with Gasteiger partial charge in [0.15, 0.2) is 0 Å². The van der Waals surface area contributed by atoms with E-state index in [1.165, 1.54) is 16.9 Å². The van der Waals surface area contributed by atoms with E-state index >= 15 is 0 Å². The molecule has 19 heavy (non-hydrogen) atoms. The maximum atomic E-state index is 9.35. The van der Waals surface area contributed by atoms with Crippen LogP contribution in [0.5, 0.6) is 0 Å². The molecule has 0 fully saturated rings. The molecule has 0 saturated heterocycles. The van der Waals surface area contributed by atoms with Crippen molar-refractivity contribution in [2.75, 3.05) is 0 Å². The SMILES string of the molecule is N#C/C(=C(/N)c1cc2c(s1)CCC2)c1cccnc1. The fourth-order valence-electron chi connectivity index (χ4n) is 2.38. The predicted molar refractivity (Wildman–Crippen MR) is 77.2 cm³/mol. The molecule has 0 spiro atoms. The van der Waals surface area contributed by atoms with Crippen LogP contribution >= 0.6 is 11.3 Å². The van der Waals surface area contributed by atoms with E-state index in [0.717, 1.165) is 23.3 Å². The summed E-state index contributed by atoms with van der Waals surface area (Å²) in [5.74, 6) is 0. The van der Waals surface area contributed by atoms with Gasteiger partial charge < -0.3 is 5.73 Å². The lowest BCUT2D eigenvalue weighted by Crippen LogP contribution is -1.99. The van der Waals surface area contributed by atoms with Crippen LogP contribution in [-0.2, 0) is 12.8 Å². The summed E-state index contributed by atoms with van der Waals surface area (Å²) in [4.78, 5) is 6.46. The van der Waals surface area contributed by atoms with Gasteiger partial charge in [0, 0.05) is 22.8 Å². The van der Waals surface area contributed by atoms with Gasteiger partial charge in [-0.15, -0.1) is 11.3 Å². The maximum Gasteiger partial charge on any atom is 0.102 e. The first-order valence-corrected chi connectivity index (χ1v) is 7.03. The van der Waals surface area contributed by atoms with Crippen LogP contribution in [0.2, 0.25) is 0 Å². The Hall–Kier alpha value is -2.12. The fraction of sp³-hybridized carbons (Fsp3) is 0.200. The lowest BCUT2D eigenvalue weighted by molar-refractivity contribution is 0.914. The van der Waals surface area contributed by atoms with Gasteiger partial charge >= 0.3 is 0 Å². The quantitative estimate of drug-likeness (QED) is 0.851. The molecule has 0 amide bonds. The molecule has 2 aromatic heterocycles. The summed E-state index contributed by atoms with van der Waals surface area (Å²) < 4.78 is 0. The van der Waals surface area contributed by atoms with Crippen molar-refractivity contribution in [2.45, 2.75) is 19.3 Å². The molecule has 94 valence electrons. The van der Waals surface area contributed by atoms with Gasteiger partial charge in [0.25, 0.3) is 0 Å². The summed E-state index contributed by atoms with van der Waals surface area (Å²) in [5.41, 5.74) is 9.42. The average Bonchev–Trinajstić information content (AvgIpc) is 3.01. The van der Waals surface area contributed by atoms with Crippen molar-refractivity contribution in [3.05, 3.63) is 51.5 Å². The van der Waals surface area contributed by atoms with Crippen LogP contribution in [0.25, 0.3) is 11.3 Å². The van der Waals surface area contributed by atoms with Gasteiger partial charge in [-0.05, 0) is 37.0 Å². The Morgan fingerprint density at radius 1 is 1.42 bits per heavy atom. The molecule has 2 N–H and O–H groups in total. The van der Waals surface area contributed by atoms with Crippen molar-refractivity contribution < 1.29 is 0 Å². The summed E-state index contributed by atoms with van der Waals surface area (Å²) in [6, 6.07) is 8.01. The number of aromatic nitrogens is 1. The van der Waals surface area contributed by atoms with E-state index in [0.29, 0.717) is 11.3 Å². The van der Waals surface area contributed by atoms with Crippen molar-refractivity contribution in [1.29, 1.82) is 5.26 Å². The number of nitrogens with zero attached hydrogens (tertiary/aromatic N) is 2. The molecule has 1 aliphatic rings. The predicted octanol–water partition coefficient (Wildman–Crippen LogP) is 2.98. The fourth-order valence-corrected chi connectivity index (χ4v) is 3.59. The number of nitriles is 1. The van der Waals surface area contributed by atoms with Crippen LogP contribution in [0.4, 0.5) is 0 Å². The van der Waals surface area contributed by atoms with E-state index in [-0.39, 0.29) is 0 Å². The molecule has 4 heteroatoms. The normalized spacial score (nSPS) is 14.7. The molecule has 0 unspecified atom stereocenters. The van der Waals surface area contributed by atoms with Crippen LogP contribution in [0, 0.1) is 11.3 Å². The average molecular weight is 267 g/mol. The molecule has 0 bridgehead atoms. The Kier molecular flexibility index (Phi) is 3.06. The Morgan fingerprint density at radius 3 is 3.00 bits per heavy atom. The van der Waals surface area contributed by atoms with E-state index in [9.17, 15) is 5.26 Å². The highest BCUT2D eigenvalue weighted by Crippen LogP contribution is 2.34. The Balaban J connectivity index is 2.06. The number of pyridine rings is 1. The number of rotatable bonds is 2. The highest BCUT2D eigenvalue weighted by molar-refractivity contribution is 7.13. The Labute approximate surface area is 116 Å². The lowest BCUT2D eigenvalue weighted by Gasteiger charge is -2.03. The van der Waals surface area contributed by atoms with E-state index in [4.69, 9.17) is 5.73 Å². The van der Waals surface area contributed by atoms with Gasteiger partial charge in [-0.2, -0.15) is 5.26 Å². The smallest absolute Gasteiger partial charge is 0.102 e. The van der Waals surface area contributed by atoms with Crippen molar-refractivity contribution in [2.24, 2.45) is 5.73 Å². The minimum absolute atomic E-state index is 0.507. The Morgan fingerprint density at radius 2 is 2.32 bits per heavy atom. The van der Waals surface area contributed by atoms with Crippen molar-refractivity contribution in [1.82, 2.24) is 4.98 Å². The minimum Gasteiger partial charge on any atom is -0.396 e.